The molecule has 10 amide bonds. The number of carbonyl (C=O) groups is 9. The van der Waals surface area contributed by atoms with E-state index in [2.05, 4.69) is 57.2 Å². The van der Waals surface area contributed by atoms with Crippen LogP contribution in [0.3, 0.4) is 0 Å². The lowest BCUT2D eigenvalue weighted by molar-refractivity contribution is -0.137. The summed E-state index contributed by atoms with van der Waals surface area (Å²) in [6, 6.07) is 4.64. The third-order valence-electron chi connectivity index (χ3n) is 12.3. The maximum Gasteiger partial charge on any atom is 0.325 e. The number of amides is 10. The zero-order chi connectivity index (χ0) is 53.3. The van der Waals surface area contributed by atoms with Crippen molar-refractivity contribution in [3.63, 3.8) is 0 Å². The van der Waals surface area contributed by atoms with E-state index in [0.29, 0.717) is 29.7 Å². The second-order valence-corrected chi connectivity index (χ2v) is 20.4. The molecule has 2 aliphatic heterocycles. The van der Waals surface area contributed by atoms with Crippen LogP contribution in [-0.2, 0) is 57.6 Å². The molecule has 0 bridgehead atoms. The number of hydrogen-bond donors (Lipinski definition) is 12. The number of aliphatic imine (C=N–C) groups is 1. The highest BCUT2D eigenvalue weighted by atomic mass is 33.1. The standard InChI is InChI=1S/C48H63N15O9S2/c1-3-4-14-33-46(71)63(48(72)62-33)38-24-74-73-23-37(39(49)64)61-43(68)35(19-28-21-54-31-15-9-8-13-30(28)31)60-41(66)32(16-10-17-53-47(50)51)57-42(67)34(18-27-11-6-5-7-12-27)59-44(69)36(20-29-22-52-25-55-29)58-40(65)26(2)56-45(38)70/h5-9,11-13,15,21-22,25-26,32-38,54H,3-4,10,14,16-20,23-24H2,1-2H3,(H2,49,64)(H,52,55)(H,56,70)(H,57,67)(H,58,65)(H,59,69)(H,60,66)(H,61,68)(H,62,72)(H4,50,51,53). The Balaban J connectivity index is 1.39. The fraction of sp³-hybridized carbons (Fsp3) is 0.438. The van der Waals surface area contributed by atoms with Gasteiger partial charge in [-0.05, 0) is 43.4 Å². The van der Waals surface area contributed by atoms with Crippen molar-refractivity contribution in [3.05, 3.63) is 90.1 Å². The maximum absolute atomic E-state index is 14.6. The highest BCUT2D eigenvalue weighted by molar-refractivity contribution is 8.76. The van der Waals surface area contributed by atoms with Crippen LogP contribution in [0.15, 0.2) is 78.3 Å². The van der Waals surface area contributed by atoms with E-state index in [1.807, 2.05) is 31.2 Å². The minimum Gasteiger partial charge on any atom is -0.370 e. The molecule has 0 spiro atoms. The Morgan fingerprint density at radius 1 is 0.676 bits per heavy atom. The summed E-state index contributed by atoms with van der Waals surface area (Å²) in [5.41, 5.74) is 19.4. The van der Waals surface area contributed by atoms with Gasteiger partial charge in [0.05, 0.1) is 6.33 Å². The van der Waals surface area contributed by atoms with Gasteiger partial charge in [-0.3, -0.25) is 43.3 Å². The molecule has 0 saturated carbocycles. The van der Waals surface area contributed by atoms with Gasteiger partial charge in [0, 0.05) is 66.3 Å². The number of rotatable bonds is 15. The highest BCUT2D eigenvalue weighted by Crippen LogP contribution is 2.27. The van der Waals surface area contributed by atoms with E-state index in [4.69, 9.17) is 17.2 Å². The van der Waals surface area contributed by atoms with Crippen LogP contribution in [0.1, 0.15) is 62.8 Å². The molecule has 74 heavy (non-hydrogen) atoms. The summed E-state index contributed by atoms with van der Waals surface area (Å²) in [7, 11) is 2.01. The number of fused-ring (bicyclic) bond motifs is 1. The second-order valence-electron chi connectivity index (χ2n) is 17.9. The number of unbranched alkanes of at least 4 members (excludes halogenated alkanes) is 1. The van der Waals surface area contributed by atoms with Crippen LogP contribution >= 0.6 is 21.6 Å². The number of nitrogens with zero attached hydrogens (tertiary/aromatic N) is 3. The molecule has 2 fully saturated rings. The van der Waals surface area contributed by atoms with Crippen molar-refractivity contribution >= 4 is 91.7 Å². The van der Waals surface area contributed by atoms with Crippen molar-refractivity contribution in [3.8, 4) is 0 Å². The van der Waals surface area contributed by atoms with Crippen molar-refractivity contribution in [1.29, 1.82) is 0 Å². The number of primary amides is 1. The van der Waals surface area contributed by atoms with Gasteiger partial charge in [-0.2, -0.15) is 0 Å². The molecule has 2 aliphatic rings. The Morgan fingerprint density at radius 2 is 1.30 bits per heavy atom. The van der Waals surface area contributed by atoms with Gasteiger partial charge in [0.15, 0.2) is 5.96 Å². The lowest BCUT2D eigenvalue weighted by atomic mass is 10.0. The molecule has 0 radical (unpaired) electrons. The number of aromatic amines is 2. The summed E-state index contributed by atoms with van der Waals surface area (Å²) in [6.45, 7) is 3.34. The summed E-state index contributed by atoms with van der Waals surface area (Å²) in [4.78, 5) is 141. The van der Waals surface area contributed by atoms with Gasteiger partial charge in [0.2, 0.25) is 41.4 Å². The first kappa shape index (κ1) is 55.7. The van der Waals surface area contributed by atoms with E-state index < -0.39 is 102 Å². The number of para-hydroxylation sites is 1. The number of urea groups is 1. The number of H-pyrrole nitrogens is 2. The first-order chi connectivity index (χ1) is 35.5. The maximum atomic E-state index is 14.6. The van der Waals surface area contributed by atoms with Gasteiger partial charge in [0.1, 0.15) is 48.3 Å². The number of nitrogens with one attached hydrogen (secondary N) is 9. The summed E-state index contributed by atoms with van der Waals surface area (Å²) in [6.07, 6.45) is 5.96. The fourth-order valence-corrected chi connectivity index (χ4v) is 10.7. The number of aromatic nitrogens is 3. The van der Waals surface area contributed by atoms with Crippen molar-refractivity contribution in [2.45, 2.75) is 114 Å². The summed E-state index contributed by atoms with van der Waals surface area (Å²) in [5.74, 6) is -7.12. The van der Waals surface area contributed by atoms with Crippen molar-refractivity contribution < 1.29 is 43.2 Å². The third-order valence-corrected chi connectivity index (χ3v) is 14.7. The first-order valence-electron chi connectivity index (χ1n) is 24.1. The molecule has 15 N–H and O–H groups in total. The average molecular weight is 1060 g/mol. The minimum absolute atomic E-state index is 0.0489. The minimum atomic E-state index is -1.48. The molecular weight excluding hydrogens is 995 g/mol. The monoisotopic (exact) mass is 1060 g/mol. The Kier molecular flexibility index (Phi) is 20.2. The number of imidazole rings is 1. The van der Waals surface area contributed by atoms with Crippen molar-refractivity contribution in [1.82, 2.24) is 57.1 Å². The Labute approximate surface area is 434 Å². The molecule has 0 aliphatic carbocycles. The Morgan fingerprint density at radius 3 is 1.99 bits per heavy atom. The number of nitrogens with two attached hydrogens (primary N) is 3. The molecule has 2 saturated heterocycles. The summed E-state index contributed by atoms with van der Waals surface area (Å²) < 4.78 is 0. The predicted octanol–water partition coefficient (Wildman–Crippen LogP) is -0.739. The van der Waals surface area contributed by atoms with Crippen LogP contribution < -0.4 is 54.4 Å². The molecule has 6 rings (SSSR count). The molecule has 8 atom stereocenters. The normalized spacial score (nSPS) is 24.2. The fourth-order valence-electron chi connectivity index (χ4n) is 8.29. The van der Waals surface area contributed by atoms with Gasteiger partial charge < -0.3 is 64.4 Å². The second kappa shape index (κ2) is 26.9. The Bertz CT molecular complexity index is 2670. The lowest BCUT2D eigenvalue weighted by Gasteiger charge is -2.27. The van der Waals surface area contributed by atoms with Gasteiger partial charge in [0.25, 0.3) is 5.91 Å². The van der Waals surface area contributed by atoms with E-state index in [9.17, 15) is 43.2 Å². The number of imide groups is 1. The van der Waals surface area contributed by atoms with Gasteiger partial charge >= 0.3 is 6.03 Å². The molecule has 4 aromatic rings. The molecule has 24 nitrogen and oxygen atoms in total. The van der Waals surface area contributed by atoms with Gasteiger partial charge in [-0.15, -0.1) is 0 Å². The van der Waals surface area contributed by atoms with Crippen LogP contribution in [0.25, 0.3) is 10.9 Å². The van der Waals surface area contributed by atoms with Crippen molar-refractivity contribution in [2.75, 3.05) is 18.1 Å². The van der Waals surface area contributed by atoms with E-state index in [0.717, 1.165) is 43.8 Å². The van der Waals surface area contributed by atoms with E-state index >= 15 is 0 Å². The van der Waals surface area contributed by atoms with E-state index in [-0.39, 0.29) is 56.1 Å². The zero-order valence-corrected chi connectivity index (χ0v) is 42.5. The first-order valence-corrected chi connectivity index (χ1v) is 26.6. The Hall–Kier alpha value is -7.61. The predicted molar refractivity (Wildman–Crippen MR) is 278 cm³/mol. The number of hydrogen-bond acceptors (Lipinski definition) is 13. The lowest BCUT2D eigenvalue weighted by Crippen LogP contribution is -2.60. The van der Waals surface area contributed by atoms with Crippen LogP contribution in [0.4, 0.5) is 4.79 Å². The smallest absolute Gasteiger partial charge is 0.325 e. The summed E-state index contributed by atoms with van der Waals surface area (Å²) >= 11 is 0. The molecule has 396 valence electrons. The number of carbonyl (C=O) groups excluding carboxylic acids is 9. The van der Waals surface area contributed by atoms with Crippen LogP contribution in [0, 0.1) is 0 Å². The zero-order valence-electron chi connectivity index (χ0n) is 40.9. The van der Waals surface area contributed by atoms with Crippen LogP contribution in [-0.4, -0.2) is 145 Å². The molecule has 4 heterocycles. The number of guanidine groups is 1. The quantitative estimate of drug-likeness (QED) is 0.0230. The molecular formula is C48H63N15O9S2. The molecule has 2 aromatic carbocycles. The van der Waals surface area contributed by atoms with Crippen LogP contribution in [0.5, 0.6) is 0 Å². The van der Waals surface area contributed by atoms with Gasteiger partial charge in [-0.25, -0.2) is 14.7 Å². The van der Waals surface area contributed by atoms with E-state index in [1.54, 1.807) is 36.5 Å². The SMILES string of the molecule is CCCCC1NC(=O)N(C2CSSCC(C(N)=O)NC(=O)C(Cc3c[nH]c4ccccc34)NC(=O)C(CCCN=C(N)N)NC(=O)C(Cc3ccccc3)NC(=O)C(Cc3cnc[nH]3)NC(=O)C(C)NC2=O)C1=O. The largest absolute Gasteiger partial charge is 0.370 e. The number of benzene rings is 2. The van der Waals surface area contributed by atoms with Gasteiger partial charge in [-0.1, -0.05) is 89.9 Å². The molecule has 2 aromatic heterocycles. The molecule has 8 unspecified atom stereocenters. The third kappa shape index (κ3) is 15.5. The van der Waals surface area contributed by atoms with E-state index in [1.165, 1.54) is 19.4 Å². The van der Waals surface area contributed by atoms with Crippen molar-refractivity contribution in [2.24, 2.45) is 22.2 Å². The summed E-state index contributed by atoms with van der Waals surface area (Å²) in [5, 5.41) is 19.6. The topological polar surface area (TPSA) is 376 Å². The average Bonchev–Trinajstić information content (AvgIpc) is 4.11. The highest BCUT2D eigenvalue weighted by Gasteiger charge is 2.45. The molecule has 26 heteroatoms. The van der Waals surface area contributed by atoms with Crippen LogP contribution in [0.2, 0.25) is 0 Å².